The Kier molecular flexibility index (Phi) is 8.01. The Labute approximate surface area is 313 Å². The molecule has 3 aliphatic rings. The van der Waals surface area contributed by atoms with E-state index in [9.17, 15) is 0 Å². The number of benzene rings is 6. The predicted molar refractivity (Wildman–Crippen MR) is 227 cm³/mol. The standard InChI is InChI=1S/C52H41N/c1-5-17-48-39(6-2)46-24-16-25-47(51(46)52(48)49-26-14-12-22-44(49)45-23-13-15-27-50(45)52)43-33-32-40(41-20-10-11-21-42(41)43)35(4)53-34(3)36-28-30-38(31-29-36)37-18-8-7-9-19-37/h5-12,14,16-33H,1,3,13,15H2,2,4H3/b39-6-,48-17+,53-35?. The van der Waals surface area contributed by atoms with Gasteiger partial charge in [0.2, 0.25) is 0 Å². The van der Waals surface area contributed by atoms with E-state index in [4.69, 9.17) is 4.99 Å². The third-order valence-corrected chi connectivity index (χ3v) is 11.4. The smallest absolute Gasteiger partial charge is 0.0728 e. The summed E-state index contributed by atoms with van der Waals surface area (Å²) in [7, 11) is 0. The molecule has 1 spiro atoms. The van der Waals surface area contributed by atoms with Crippen LogP contribution in [0.3, 0.4) is 0 Å². The van der Waals surface area contributed by atoms with E-state index < -0.39 is 5.41 Å². The van der Waals surface area contributed by atoms with E-state index in [2.05, 4.69) is 179 Å². The Bertz CT molecular complexity index is 2640. The molecule has 0 aromatic heterocycles. The summed E-state index contributed by atoms with van der Waals surface area (Å²) in [4.78, 5) is 5.09. The van der Waals surface area contributed by atoms with Crippen LogP contribution in [-0.4, -0.2) is 5.71 Å². The summed E-state index contributed by atoms with van der Waals surface area (Å²) in [6, 6.07) is 48.3. The largest absolute Gasteiger partial charge is 0.253 e. The molecule has 0 amide bonds. The van der Waals surface area contributed by atoms with Crippen molar-refractivity contribution in [2.75, 3.05) is 0 Å². The minimum absolute atomic E-state index is 0.435. The molecule has 0 heterocycles. The first-order valence-electron chi connectivity index (χ1n) is 18.6. The topological polar surface area (TPSA) is 12.4 Å². The van der Waals surface area contributed by atoms with Gasteiger partial charge in [0.25, 0.3) is 0 Å². The number of aliphatic imine (C=N–C) groups is 1. The van der Waals surface area contributed by atoms with E-state index in [-0.39, 0.29) is 0 Å². The maximum absolute atomic E-state index is 5.09. The number of hydrogen-bond donors (Lipinski definition) is 0. The molecule has 53 heavy (non-hydrogen) atoms. The predicted octanol–water partition coefficient (Wildman–Crippen LogP) is 13.6. The summed E-state index contributed by atoms with van der Waals surface area (Å²) in [5, 5.41) is 2.39. The van der Waals surface area contributed by atoms with Crippen molar-refractivity contribution in [2.45, 2.75) is 32.1 Å². The lowest BCUT2D eigenvalue weighted by Crippen LogP contribution is -2.27. The van der Waals surface area contributed by atoms with Gasteiger partial charge in [-0.3, -0.25) is 4.99 Å². The quantitative estimate of drug-likeness (QED) is 0.155. The Hall–Kier alpha value is -6.31. The van der Waals surface area contributed by atoms with Gasteiger partial charge < -0.3 is 0 Å². The lowest BCUT2D eigenvalue weighted by molar-refractivity contribution is 0.785. The number of fused-ring (bicyclic) bond motifs is 8. The van der Waals surface area contributed by atoms with Gasteiger partial charge in [0.1, 0.15) is 0 Å². The van der Waals surface area contributed by atoms with Gasteiger partial charge in [-0.25, -0.2) is 0 Å². The molecule has 1 heteroatoms. The zero-order valence-corrected chi connectivity index (χ0v) is 30.4. The van der Waals surface area contributed by atoms with Crippen molar-refractivity contribution in [1.82, 2.24) is 0 Å². The number of allylic oxidation sites excluding steroid dienone is 9. The summed E-state index contributed by atoms with van der Waals surface area (Å²) in [5.74, 6) is 0. The average molecular weight is 680 g/mol. The number of hydrogen-bond acceptors (Lipinski definition) is 1. The summed E-state index contributed by atoms with van der Waals surface area (Å²) in [6.07, 6.45) is 13.6. The molecule has 6 aromatic rings. The van der Waals surface area contributed by atoms with Crippen LogP contribution in [0.2, 0.25) is 0 Å². The average Bonchev–Trinajstić information content (AvgIpc) is 3.67. The maximum atomic E-state index is 5.09. The molecule has 0 aliphatic heterocycles. The van der Waals surface area contributed by atoms with Crippen LogP contribution in [0.25, 0.3) is 49.9 Å². The van der Waals surface area contributed by atoms with Crippen molar-refractivity contribution in [1.29, 1.82) is 0 Å². The maximum Gasteiger partial charge on any atom is 0.0728 e. The highest BCUT2D eigenvalue weighted by atomic mass is 14.8. The Balaban J connectivity index is 1.20. The van der Waals surface area contributed by atoms with Gasteiger partial charge in [-0.05, 0) is 110 Å². The van der Waals surface area contributed by atoms with Crippen LogP contribution in [0.15, 0.2) is 193 Å². The van der Waals surface area contributed by atoms with Crippen LogP contribution in [-0.2, 0) is 5.41 Å². The van der Waals surface area contributed by atoms with Crippen LogP contribution in [0.5, 0.6) is 0 Å². The van der Waals surface area contributed by atoms with E-state index in [1.807, 2.05) is 12.1 Å². The van der Waals surface area contributed by atoms with Gasteiger partial charge in [0.05, 0.1) is 11.1 Å². The van der Waals surface area contributed by atoms with Crippen LogP contribution in [0, 0.1) is 0 Å². The molecule has 0 saturated heterocycles. The van der Waals surface area contributed by atoms with Gasteiger partial charge in [-0.1, -0.05) is 177 Å². The van der Waals surface area contributed by atoms with Crippen molar-refractivity contribution in [3.63, 3.8) is 0 Å². The molecular weight excluding hydrogens is 639 g/mol. The van der Waals surface area contributed by atoms with Crippen LogP contribution in [0.1, 0.15) is 60.1 Å². The molecule has 9 rings (SSSR count). The monoisotopic (exact) mass is 679 g/mol. The van der Waals surface area contributed by atoms with E-state index in [0.29, 0.717) is 0 Å². The number of rotatable bonds is 6. The molecule has 0 bridgehead atoms. The summed E-state index contributed by atoms with van der Waals surface area (Å²) < 4.78 is 0. The van der Waals surface area contributed by atoms with E-state index in [0.717, 1.165) is 35.4 Å². The molecule has 0 saturated carbocycles. The second-order valence-corrected chi connectivity index (χ2v) is 14.1. The van der Waals surface area contributed by atoms with Crippen molar-refractivity contribution >= 4 is 33.3 Å². The van der Waals surface area contributed by atoms with Gasteiger partial charge in [-0.15, -0.1) is 0 Å². The molecule has 6 aromatic carbocycles. The van der Waals surface area contributed by atoms with Crippen LogP contribution < -0.4 is 0 Å². The SMILES string of the molecule is C=C/C=C1\C(=C/C)c2cccc(-c3ccc(C(C)=NC(=C)c4ccc(-c5ccccc5)cc4)c4ccccc34)c2C12C1=CCCC=C1c1ccccc12. The molecule has 254 valence electrons. The highest BCUT2D eigenvalue weighted by molar-refractivity contribution is 6.15. The van der Waals surface area contributed by atoms with Crippen molar-refractivity contribution in [3.8, 4) is 22.3 Å². The van der Waals surface area contributed by atoms with E-state index in [1.165, 1.54) is 77.6 Å². The number of nitrogens with zero attached hydrogens (tertiary/aromatic N) is 1. The van der Waals surface area contributed by atoms with E-state index >= 15 is 0 Å². The van der Waals surface area contributed by atoms with E-state index in [1.54, 1.807) is 0 Å². The van der Waals surface area contributed by atoms with Crippen LogP contribution >= 0.6 is 0 Å². The van der Waals surface area contributed by atoms with Crippen molar-refractivity contribution in [3.05, 3.63) is 222 Å². The first-order chi connectivity index (χ1) is 26.1. The normalized spacial score (nSPS) is 18.9. The van der Waals surface area contributed by atoms with Crippen molar-refractivity contribution in [2.24, 2.45) is 4.99 Å². The third kappa shape index (κ3) is 4.95. The lowest BCUT2D eigenvalue weighted by Gasteiger charge is -2.34. The molecule has 0 fully saturated rings. The molecule has 1 nitrogen and oxygen atoms in total. The molecule has 3 aliphatic carbocycles. The Morgan fingerprint density at radius 3 is 2.13 bits per heavy atom. The fourth-order valence-corrected chi connectivity index (χ4v) is 9.23. The second-order valence-electron chi connectivity index (χ2n) is 14.1. The molecule has 0 N–H and O–H groups in total. The first kappa shape index (κ1) is 32.6. The van der Waals surface area contributed by atoms with Gasteiger partial charge in [0.15, 0.2) is 0 Å². The van der Waals surface area contributed by atoms with Gasteiger partial charge in [0, 0.05) is 11.3 Å². The van der Waals surface area contributed by atoms with Crippen molar-refractivity contribution < 1.29 is 0 Å². The molecular formula is C52H41N. The Morgan fingerprint density at radius 2 is 1.34 bits per heavy atom. The minimum atomic E-state index is -0.435. The van der Waals surface area contributed by atoms with Gasteiger partial charge in [-0.2, -0.15) is 0 Å². The van der Waals surface area contributed by atoms with Gasteiger partial charge >= 0.3 is 0 Å². The third-order valence-electron chi connectivity index (χ3n) is 11.4. The fourth-order valence-electron chi connectivity index (χ4n) is 9.23. The molecule has 1 atom stereocenters. The lowest BCUT2D eigenvalue weighted by atomic mass is 9.67. The summed E-state index contributed by atoms with van der Waals surface area (Å²) >= 11 is 0. The second kappa shape index (κ2) is 13.0. The fraction of sp³-hybridized carbons (Fsp3) is 0.0962. The zero-order chi connectivity index (χ0) is 36.1. The Morgan fingerprint density at radius 1 is 0.660 bits per heavy atom. The minimum Gasteiger partial charge on any atom is -0.253 e. The highest BCUT2D eigenvalue weighted by Gasteiger charge is 2.55. The summed E-state index contributed by atoms with van der Waals surface area (Å²) in [5.41, 5.74) is 19.0. The highest BCUT2D eigenvalue weighted by Crippen LogP contribution is 2.67. The zero-order valence-electron chi connectivity index (χ0n) is 30.4. The molecule has 1 unspecified atom stereocenters. The summed E-state index contributed by atoms with van der Waals surface area (Å²) in [6.45, 7) is 12.9. The first-order valence-corrected chi connectivity index (χ1v) is 18.6. The van der Waals surface area contributed by atoms with Crippen LogP contribution in [0.4, 0.5) is 0 Å². The molecule has 0 radical (unpaired) electrons.